The minimum absolute atomic E-state index is 0.0188. The summed E-state index contributed by atoms with van der Waals surface area (Å²) in [7, 11) is 3.49. The van der Waals surface area contributed by atoms with Crippen molar-refractivity contribution in [1.82, 2.24) is 19.7 Å². The largest absolute Gasteiger partial charge is 0.348 e. The predicted octanol–water partition coefficient (Wildman–Crippen LogP) is 4.87. The zero-order chi connectivity index (χ0) is 20.3. The molecule has 1 amide bonds. The van der Waals surface area contributed by atoms with Crippen LogP contribution in [0.15, 0.2) is 53.7 Å². The molecule has 0 saturated carbocycles. The molecule has 0 saturated heterocycles. The Kier molecular flexibility index (Phi) is 6.65. The molecule has 0 bridgehead atoms. The van der Waals surface area contributed by atoms with Crippen LogP contribution in [-0.2, 0) is 11.3 Å². The molecule has 1 aromatic heterocycles. The van der Waals surface area contributed by atoms with Gasteiger partial charge in [-0.1, -0.05) is 65.3 Å². The summed E-state index contributed by atoms with van der Waals surface area (Å²) in [5.41, 5.74) is 1.84. The van der Waals surface area contributed by atoms with Crippen molar-refractivity contribution in [1.29, 1.82) is 0 Å². The maximum atomic E-state index is 12.3. The number of hydrogen-bond donors (Lipinski definition) is 0. The Bertz CT molecular complexity index is 976. The van der Waals surface area contributed by atoms with Crippen LogP contribution >= 0.6 is 35.0 Å². The molecule has 0 N–H and O–H groups in total. The zero-order valence-electron chi connectivity index (χ0n) is 15.8. The summed E-state index contributed by atoms with van der Waals surface area (Å²) in [5, 5.41) is 10.1. The number of halogens is 2. The van der Waals surface area contributed by atoms with Crippen LogP contribution in [0.4, 0.5) is 0 Å². The highest BCUT2D eigenvalue weighted by atomic mass is 35.5. The fourth-order valence-corrected chi connectivity index (χ4v) is 4.21. The first kappa shape index (κ1) is 20.7. The van der Waals surface area contributed by atoms with Crippen LogP contribution in [0.2, 0.25) is 10.0 Å². The van der Waals surface area contributed by atoms with Gasteiger partial charge in [-0.25, -0.2) is 0 Å². The SMILES string of the molecule is CC(Sc1nnc(-c2ccc(Cl)cc2Cl)n1Cc1ccccc1)C(=O)N(C)C. The fourth-order valence-electron chi connectivity index (χ4n) is 2.73. The minimum atomic E-state index is -0.290. The molecule has 3 aromatic rings. The molecule has 8 heteroatoms. The topological polar surface area (TPSA) is 51.0 Å². The lowest BCUT2D eigenvalue weighted by Gasteiger charge is -2.17. The van der Waals surface area contributed by atoms with E-state index in [0.29, 0.717) is 27.6 Å². The highest BCUT2D eigenvalue weighted by Gasteiger charge is 2.23. The number of amides is 1. The molecular weight excluding hydrogens is 415 g/mol. The molecule has 0 fully saturated rings. The Morgan fingerprint density at radius 2 is 1.86 bits per heavy atom. The van der Waals surface area contributed by atoms with Gasteiger partial charge < -0.3 is 4.90 Å². The predicted molar refractivity (Wildman–Crippen MR) is 115 cm³/mol. The van der Waals surface area contributed by atoms with Gasteiger partial charge in [0.15, 0.2) is 11.0 Å². The van der Waals surface area contributed by atoms with Gasteiger partial charge in [-0.05, 0) is 30.7 Å². The van der Waals surface area contributed by atoms with Gasteiger partial charge >= 0.3 is 0 Å². The van der Waals surface area contributed by atoms with Crippen LogP contribution in [0.3, 0.4) is 0 Å². The molecule has 3 rings (SSSR count). The summed E-state index contributed by atoms with van der Waals surface area (Å²) in [6, 6.07) is 15.3. The van der Waals surface area contributed by atoms with Gasteiger partial charge in [-0.15, -0.1) is 10.2 Å². The van der Waals surface area contributed by atoms with Crippen LogP contribution in [-0.4, -0.2) is 44.9 Å². The maximum Gasteiger partial charge on any atom is 0.235 e. The fraction of sp³-hybridized carbons (Fsp3) is 0.250. The van der Waals surface area contributed by atoms with Crippen molar-refractivity contribution in [2.24, 2.45) is 0 Å². The molecular formula is C20H20Cl2N4OS. The Hall–Kier alpha value is -2.02. The molecule has 146 valence electrons. The van der Waals surface area contributed by atoms with Crippen molar-refractivity contribution >= 4 is 40.9 Å². The highest BCUT2D eigenvalue weighted by molar-refractivity contribution is 8.00. The van der Waals surface area contributed by atoms with Crippen LogP contribution in [0.25, 0.3) is 11.4 Å². The van der Waals surface area contributed by atoms with E-state index in [0.717, 1.165) is 11.1 Å². The Morgan fingerprint density at radius 1 is 1.14 bits per heavy atom. The Balaban J connectivity index is 2.02. The third-order valence-electron chi connectivity index (χ3n) is 4.14. The van der Waals surface area contributed by atoms with Crippen LogP contribution in [0.5, 0.6) is 0 Å². The summed E-state index contributed by atoms with van der Waals surface area (Å²) < 4.78 is 1.98. The smallest absolute Gasteiger partial charge is 0.235 e. The van der Waals surface area contributed by atoms with Crippen LogP contribution in [0, 0.1) is 0 Å². The lowest BCUT2D eigenvalue weighted by atomic mass is 10.2. The number of hydrogen-bond acceptors (Lipinski definition) is 4. The first-order valence-corrected chi connectivity index (χ1v) is 10.3. The number of carbonyl (C=O) groups is 1. The summed E-state index contributed by atoms with van der Waals surface area (Å²) >= 11 is 13.8. The van der Waals surface area contributed by atoms with Crippen molar-refractivity contribution in [3.05, 3.63) is 64.1 Å². The second-order valence-corrected chi connectivity index (χ2v) is 8.65. The first-order chi connectivity index (χ1) is 13.4. The van der Waals surface area contributed by atoms with Gasteiger partial charge in [0.25, 0.3) is 0 Å². The normalized spacial score (nSPS) is 12.0. The highest BCUT2D eigenvalue weighted by Crippen LogP contribution is 2.33. The number of benzene rings is 2. The van der Waals surface area contributed by atoms with Crippen LogP contribution < -0.4 is 0 Å². The molecule has 0 radical (unpaired) electrons. The van der Waals surface area contributed by atoms with E-state index in [1.54, 1.807) is 31.1 Å². The maximum absolute atomic E-state index is 12.3. The Labute approximate surface area is 178 Å². The van der Waals surface area contributed by atoms with E-state index in [-0.39, 0.29) is 11.2 Å². The second kappa shape index (κ2) is 8.99. The van der Waals surface area contributed by atoms with Gasteiger partial charge in [0.05, 0.1) is 16.8 Å². The number of nitrogens with zero attached hydrogens (tertiary/aromatic N) is 4. The quantitative estimate of drug-likeness (QED) is 0.519. The van der Waals surface area contributed by atoms with E-state index < -0.39 is 0 Å². The average molecular weight is 435 g/mol. The van der Waals surface area contributed by atoms with Crippen molar-refractivity contribution in [3.8, 4) is 11.4 Å². The summed E-state index contributed by atoms with van der Waals surface area (Å²) in [5.74, 6) is 0.655. The van der Waals surface area contributed by atoms with Crippen molar-refractivity contribution in [3.63, 3.8) is 0 Å². The lowest BCUT2D eigenvalue weighted by molar-refractivity contribution is -0.127. The van der Waals surface area contributed by atoms with Crippen LogP contribution in [0.1, 0.15) is 12.5 Å². The molecule has 1 unspecified atom stereocenters. The van der Waals surface area contributed by atoms with E-state index in [9.17, 15) is 4.79 Å². The second-order valence-electron chi connectivity index (χ2n) is 6.49. The summed E-state index contributed by atoms with van der Waals surface area (Å²) in [4.78, 5) is 13.9. The molecule has 2 aromatic carbocycles. The van der Waals surface area contributed by atoms with E-state index in [1.807, 2.05) is 47.9 Å². The van der Waals surface area contributed by atoms with Gasteiger partial charge in [-0.2, -0.15) is 0 Å². The van der Waals surface area contributed by atoms with Gasteiger partial charge in [-0.3, -0.25) is 9.36 Å². The van der Waals surface area contributed by atoms with Crippen molar-refractivity contribution in [2.45, 2.75) is 23.9 Å². The van der Waals surface area contributed by atoms with E-state index in [1.165, 1.54) is 11.8 Å². The molecule has 0 spiro atoms. The minimum Gasteiger partial charge on any atom is -0.348 e. The van der Waals surface area contributed by atoms with Gasteiger partial charge in [0.2, 0.25) is 5.91 Å². The van der Waals surface area contributed by atoms with E-state index in [4.69, 9.17) is 23.2 Å². The molecule has 0 aliphatic rings. The number of carbonyl (C=O) groups excluding carboxylic acids is 1. The first-order valence-electron chi connectivity index (χ1n) is 8.67. The van der Waals surface area contributed by atoms with Crippen molar-refractivity contribution < 1.29 is 4.79 Å². The van der Waals surface area contributed by atoms with Crippen molar-refractivity contribution in [2.75, 3.05) is 14.1 Å². The number of rotatable bonds is 6. The third-order valence-corrected chi connectivity index (χ3v) is 5.76. The van der Waals surface area contributed by atoms with E-state index in [2.05, 4.69) is 10.2 Å². The Morgan fingerprint density at radius 3 is 2.50 bits per heavy atom. The molecule has 0 aliphatic heterocycles. The molecule has 5 nitrogen and oxygen atoms in total. The molecule has 1 atom stereocenters. The lowest BCUT2D eigenvalue weighted by Crippen LogP contribution is -2.29. The van der Waals surface area contributed by atoms with Gasteiger partial charge in [0.1, 0.15) is 0 Å². The standard InChI is InChI=1S/C20H20Cl2N4OS/c1-13(19(27)25(2)3)28-20-24-23-18(16-10-9-15(21)11-17(16)22)26(20)12-14-7-5-4-6-8-14/h4-11,13H,12H2,1-3H3. The molecule has 1 heterocycles. The monoisotopic (exact) mass is 434 g/mol. The molecule has 28 heavy (non-hydrogen) atoms. The number of aromatic nitrogens is 3. The average Bonchev–Trinajstić information content (AvgIpc) is 3.04. The zero-order valence-corrected chi connectivity index (χ0v) is 18.1. The van der Waals surface area contributed by atoms with Gasteiger partial charge in [0, 0.05) is 24.7 Å². The third kappa shape index (κ3) is 4.69. The molecule has 0 aliphatic carbocycles. The summed E-state index contributed by atoms with van der Waals surface area (Å²) in [6.45, 7) is 2.43. The number of thioether (sulfide) groups is 1. The van der Waals surface area contributed by atoms with E-state index >= 15 is 0 Å². The summed E-state index contributed by atoms with van der Waals surface area (Å²) in [6.07, 6.45) is 0.